The molecular formula is C17H15N3O5. The summed E-state index contributed by atoms with van der Waals surface area (Å²) in [4.78, 5) is 22.6. The molecule has 25 heavy (non-hydrogen) atoms. The van der Waals surface area contributed by atoms with Crippen molar-refractivity contribution in [1.82, 2.24) is 10.2 Å². The van der Waals surface area contributed by atoms with Gasteiger partial charge in [-0.1, -0.05) is 6.07 Å². The second-order valence-electron chi connectivity index (χ2n) is 5.51. The number of benzene rings is 2. The number of aryl methyl sites for hydroxylation is 2. The monoisotopic (exact) mass is 341 g/mol. The van der Waals surface area contributed by atoms with Crippen LogP contribution in [0.2, 0.25) is 0 Å². The molecule has 0 bridgehead atoms. The molecule has 8 nitrogen and oxygen atoms in total. The first-order chi connectivity index (χ1) is 11.9. The van der Waals surface area contributed by atoms with Gasteiger partial charge >= 0.3 is 0 Å². The molecule has 1 aromatic heterocycles. The number of H-pyrrole nitrogens is 1. The zero-order valence-electron chi connectivity index (χ0n) is 13.8. The van der Waals surface area contributed by atoms with Gasteiger partial charge in [0.15, 0.2) is 0 Å². The van der Waals surface area contributed by atoms with E-state index in [1.54, 1.807) is 32.0 Å². The highest BCUT2D eigenvalue weighted by Gasteiger charge is 2.17. The van der Waals surface area contributed by atoms with E-state index in [1.807, 2.05) is 0 Å². The van der Waals surface area contributed by atoms with E-state index in [9.17, 15) is 14.9 Å². The number of ether oxygens (including phenoxy) is 2. The Morgan fingerprint density at radius 1 is 1.20 bits per heavy atom. The predicted molar refractivity (Wildman–Crippen MR) is 91.6 cm³/mol. The van der Waals surface area contributed by atoms with Gasteiger partial charge in [-0.3, -0.25) is 14.9 Å². The van der Waals surface area contributed by atoms with Gasteiger partial charge in [0.1, 0.15) is 11.5 Å². The standard InChI is InChI=1S/C17H15N3O5/c1-9-7-11(20(22)23)8-10(2)15(9)25-17-12-5-4-6-13(24-3)14(12)16(21)18-19-17/h4-8H,1-3H3,(H,18,21). The fourth-order valence-electron chi connectivity index (χ4n) is 2.70. The smallest absolute Gasteiger partial charge is 0.276 e. The zero-order chi connectivity index (χ0) is 18.1. The number of hydrogen-bond donors (Lipinski definition) is 1. The Balaban J connectivity index is 2.15. The van der Waals surface area contributed by atoms with Crippen LogP contribution >= 0.6 is 0 Å². The maximum atomic E-state index is 12.1. The molecule has 0 saturated heterocycles. The van der Waals surface area contributed by atoms with E-state index in [-0.39, 0.29) is 11.6 Å². The Morgan fingerprint density at radius 2 is 1.88 bits per heavy atom. The summed E-state index contributed by atoms with van der Waals surface area (Å²) < 4.78 is 11.1. The third kappa shape index (κ3) is 2.89. The normalized spacial score (nSPS) is 10.7. The average molecular weight is 341 g/mol. The van der Waals surface area contributed by atoms with Gasteiger partial charge in [-0.25, -0.2) is 5.10 Å². The average Bonchev–Trinajstić information content (AvgIpc) is 2.59. The number of nitro groups is 1. The summed E-state index contributed by atoms with van der Waals surface area (Å²) in [5, 5.41) is 18.1. The largest absolute Gasteiger partial charge is 0.496 e. The Kier molecular flexibility index (Phi) is 4.10. The molecular weight excluding hydrogens is 326 g/mol. The van der Waals surface area contributed by atoms with Crippen LogP contribution in [-0.2, 0) is 0 Å². The SMILES string of the molecule is COc1cccc2c(Oc3c(C)cc([N+](=O)[O-])cc3C)n[nH]c(=O)c12. The molecule has 1 heterocycles. The van der Waals surface area contributed by atoms with Crippen molar-refractivity contribution in [1.29, 1.82) is 0 Å². The summed E-state index contributed by atoms with van der Waals surface area (Å²) in [6.07, 6.45) is 0. The number of rotatable bonds is 4. The van der Waals surface area contributed by atoms with Crippen molar-refractivity contribution >= 4 is 16.5 Å². The predicted octanol–water partition coefficient (Wildman–Crippen LogP) is 3.25. The fourth-order valence-corrected chi connectivity index (χ4v) is 2.70. The van der Waals surface area contributed by atoms with Crippen molar-refractivity contribution in [2.45, 2.75) is 13.8 Å². The van der Waals surface area contributed by atoms with E-state index in [0.29, 0.717) is 33.4 Å². The Bertz CT molecular complexity index is 1020. The maximum Gasteiger partial charge on any atom is 0.276 e. The maximum absolute atomic E-state index is 12.1. The van der Waals surface area contributed by atoms with Gasteiger partial charge < -0.3 is 9.47 Å². The number of nitro benzene ring substituents is 1. The molecule has 3 rings (SSSR count). The number of nitrogens with zero attached hydrogens (tertiary/aromatic N) is 2. The highest BCUT2D eigenvalue weighted by molar-refractivity contribution is 5.91. The Labute approximate surface area is 142 Å². The molecule has 128 valence electrons. The van der Waals surface area contributed by atoms with E-state index < -0.39 is 10.5 Å². The van der Waals surface area contributed by atoms with E-state index in [2.05, 4.69) is 10.2 Å². The molecule has 0 amide bonds. The lowest BCUT2D eigenvalue weighted by Crippen LogP contribution is -2.11. The van der Waals surface area contributed by atoms with Crippen LogP contribution in [0, 0.1) is 24.0 Å². The van der Waals surface area contributed by atoms with Crippen molar-refractivity contribution in [3.8, 4) is 17.4 Å². The van der Waals surface area contributed by atoms with Gasteiger partial charge in [-0.05, 0) is 37.1 Å². The van der Waals surface area contributed by atoms with Gasteiger partial charge in [-0.2, -0.15) is 0 Å². The summed E-state index contributed by atoms with van der Waals surface area (Å²) in [5.41, 5.74) is 0.784. The molecule has 8 heteroatoms. The molecule has 0 atom stereocenters. The number of aromatic amines is 1. The van der Waals surface area contributed by atoms with E-state index >= 15 is 0 Å². The summed E-state index contributed by atoms with van der Waals surface area (Å²) in [6.45, 7) is 3.42. The lowest BCUT2D eigenvalue weighted by molar-refractivity contribution is -0.385. The number of fused-ring (bicyclic) bond motifs is 1. The molecule has 0 spiro atoms. The molecule has 2 aromatic carbocycles. The number of non-ortho nitro benzene ring substituents is 1. The summed E-state index contributed by atoms with van der Waals surface area (Å²) in [7, 11) is 1.47. The fraction of sp³-hybridized carbons (Fsp3) is 0.176. The van der Waals surface area contributed by atoms with Crippen LogP contribution in [0.1, 0.15) is 11.1 Å². The van der Waals surface area contributed by atoms with Crippen molar-refractivity contribution in [3.05, 3.63) is 61.9 Å². The molecule has 3 aromatic rings. The van der Waals surface area contributed by atoms with Gasteiger partial charge in [0.25, 0.3) is 11.2 Å². The molecule has 0 fully saturated rings. The van der Waals surface area contributed by atoms with Crippen molar-refractivity contribution in [2.24, 2.45) is 0 Å². The minimum absolute atomic E-state index is 0.0108. The Hall–Kier alpha value is -3.42. The van der Waals surface area contributed by atoms with Crippen LogP contribution in [-0.4, -0.2) is 22.2 Å². The number of nitrogens with one attached hydrogen (secondary N) is 1. The Morgan fingerprint density at radius 3 is 2.48 bits per heavy atom. The summed E-state index contributed by atoms with van der Waals surface area (Å²) in [5.74, 6) is 1.05. The van der Waals surface area contributed by atoms with Crippen LogP contribution in [0.15, 0.2) is 35.1 Å². The van der Waals surface area contributed by atoms with Crippen LogP contribution < -0.4 is 15.0 Å². The summed E-state index contributed by atoms with van der Waals surface area (Å²) >= 11 is 0. The first kappa shape index (κ1) is 16.4. The van der Waals surface area contributed by atoms with Gasteiger partial charge in [0, 0.05) is 12.1 Å². The number of aromatic nitrogens is 2. The van der Waals surface area contributed by atoms with Crippen LogP contribution in [0.5, 0.6) is 17.4 Å². The molecule has 0 aliphatic heterocycles. The third-order valence-electron chi connectivity index (χ3n) is 3.82. The summed E-state index contributed by atoms with van der Waals surface area (Å²) in [6, 6.07) is 7.95. The van der Waals surface area contributed by atoms with E-state index in [0.717, 1.165) is 0 Å². The van der Waals surface area contributed by atoms with E-state index in [4.69, 9.17) is 9.47 Å². The molecule has 0 aliphatic rings. The van der Waals surface area contributed by atoms with Crippen molar-refractivity contribution < 1.29 is 14.4 Å². The molecule has 0 unspecified atom stereocenters. The molecule has 0 aliphatic carbocycles. The first-order valence-electron chi connectivity index (χ1n) is 7.41. The highest BCUT2D eigenvalue weighted by atomic mass is 16.6. The minimum Gasteiger partial charge on any atom is -0.496 e. The number of hydrogen-bond acceptors (Lipinski definition) is 6. The minimum atomic E-state index is -0.456. The molecule has 0 saturated carbocycles. The third-order valence-corrected chi connectivity index (χ3v) is 3.82. The van der Waals surface area contributed by atoms with Gasteiger partial charge in [-0.15, -0.1) is 5.10 Å². The van der Waals surface area contributed by atoms with Gasteiger partial charge in [0.2, 0.25) is 5.88 Å². The lowest BCUT2D eigenvalue weighted by Gasteiger charge is -2.13. The number of methoxy groups -OCH3 is 1. The second-order valence-corrected chi connectivity index (χ2v) is 5.51. The van der Waals surface area contributed by atoms with E-state index in [1.165, 1.54) is 19.2 Å². The van der Waals surface area contributed by atoms with Crippen molar-refractivity contribution in [3.63, 3.8) is 0 Å². The zero-order valence-corrected chi connectivity index (χ0v) is 13.8. The second kappa shape index (κ2) is 6.23. The van der Waals surface area contributed by atoms with Crippen molar-refractivity contribution in [2.75, 3.05) is 7.11 Å². The molecule has 1 N–H and O–H groups in total. The topological polar surface area (TPSA) is 107 Å². The van der Waals surface area contributed by atoms with Crippen LogP contribution in [0.4, 0.5) is 5.69 Å². The highest BCUT2D eigenvalue weighted by Crippen LogP contribution is 2.34. The van der Waals surface area contributed by atoms with Crippen LogP contribution in [0.25, 0.3) is 10.8 Å². The first-order valence-corrected chi connectivity index (χ1v) is 7.41. The molecule has 0 radical (unpaired) electrons. The lowest BCUT2D eigenvalue weighted by atomic mass is 10.1. The van der Waals surface area contributed by atoms with Crippen LogP contribution in [0.3, 0.4) is 0 Å². The quantitative estimate of drug-likeness (QED) is 0.576. The van der Waals surface area contributed by atoms with Gasteiger partial charge in [0.05, 0.1) is 22.8 Å².